The Morgan fingerprint density at radius 3 is 2.61 bits per heavy atom. The SMILES string of the molecule is CCOc1cc2nc(-c3nnc4ccc([C@@H](N5CCC(C)(N)C5)C(F)(F)F)cn34)ccc2cc1F.Cl. The molecular formula is C24H25ClF4N6O. The lowest BCUT2D eigenvalue weighted by atomic mass is 10.0. The van der Waals surface area contributed by atoms with Crippen LogP contribution < -0.4 is 10.5 Å². The standard InChI is InChI=1S/C24H24F4N6O.ClH/c1-3-35-19-11-18-14(10-16(19)25)4-6-17(30-18)22-32-31-20-7-5-15(12-34(20)22)21(24(26,27)28)33-9-8-23(2,29)13-33;/h4-7,10-12,21H,3,8-9,13,29H2,1-2H3;1H/t21-,23?;/m1./s1. The number of halogens is 5. The van der Waals surface area contributed by atoms with E-state index < -0.39 is 23.6 Å². The van der Waals surface area contributed by atoms with Gasteiger partial charge in [-0.25, -0.2) is 9.37 Å². The molecule has 5 rings (SSSR count). The normalized spacial score (nSPS) is 19.5. The zero-order chi connectivity index (χ0) is 25.0. The van der Waals surface area contributed by atoms with Gasteiger partial charge in [0.25, 0.3) is 0 Å². The first-order chi connectivity index (χ1) is 16.6. The topological polar surface area (TPSA) is 81.6 Å². The van der Waals surface area contributed by atoms with Crippen LogP contribution in [0.15, 0.2) is 42.6 Å². The molecule has 36 heavy (non-hydrogen) atoms. The number of nitrogens with zero attached hydrogens (tertiary/aromatic N) is 5. The quantitative estimate of drug-likeness (QED) is 0.373. The Hall–Kier alpha value is -3.02. The first kappa shape index (κ1) is 26.1. The van der Waals surface area contributed by atoms with Crippen molar-refractivity contribution < 1.29 is 22.3 Å². The predicted molar refractivity (Wildman–Crippen MR) is 130 cm³/mol. The van der Waals surface area contributed by atoms with E-state index in [9.17, 15) is 17.6 Å². The Balaban J connectivity index is 0.00000304. The molecule has 0 spiro atoms. The molecule has 1 unspecified atom stereocenters. The monoisotopic (exact) mass is 524 g/mol. The molecule has 4 aromatic rings. The van der Waals surface area contributed by atoms with Crippen molar-refractivity contribution in [1.82, 2.24) is 24.5 Å². The maximum Gasteiger partial charge on any atom is 0.408 e. The van der Waals surface area contributed by atoms with Crippen LogP contribution in [0.25, 0.3) is 28.1 Å². The predicted octanol–water partition coefficient (Wildman–Crippen LogP) is 4.93. The molecule has 1 fully saturated rings. The lowest BCUT2D eigenvalue weighted by Gasteiger charge is -2.31. The number of pyridine rings is 2. The molecule has 2 N–H and O–H groups in total. The van der Waals surface area contributed by atoms with Crippen molar-refractivity contribution in [2.24, 2.45) is 5.73 Å². The third kappa shape index (κ3) is 4.82. The average molecular weight is 525 g/mol. The molecule has 0 amide bonds. The Labute approximate surface area is 210 Å². The molecule has 2 atom stereocenters. The molecule has 1 saturated heterocycles. The molecule has 1 aliphatic heterocycles. The van der Waals surface area contributed by atoms with E-state index in [0.717, 1.165) is 0 Å². The van der Waals surface area contributed by atoms with Gasteiger partial charge in [-0.3, -0.25) is 9.30 Å². The van der Waals surface area contributed by atoms with Crippen molar-refractivity contribution in [3.8, 4) is 17.3 Å². The fraction of sp³-hybridized carbons (Fsp3) is 0.375. The van der Waals surface area contributed by atoms with Gasteiger partial charge in [0, 0.05) is 36.3 Å². The first-order valence-electron chi connectivity index (χ1n) is 11.2. The van der Waals surface area contributed by atoms with Gasteiger partial charge in [-0.1, -0.05) is 12.1 Å². The number of ether oxygens (including phenoxy) is 1. The highest BCUT2D eigenvalue weighted by Crippen LogP contribution is 2.41. The number of aromatic nitrogens is 4. The smallest absolute Gasteiger partial charge is 0.408 e. The third-order valence-corrected chi connectivity index (χ3v) is 6.22. The number of likely N-dealkylation sites (tertiary alicyclic amines) is 1. The van der Waals surface area contributed by atoms with Crippen LogP contribution in [-0.4, -0.2) is 55.9 Å². The van der Waals surface area contributed by atoms with Gasteiger partial charge in [-0.05, 0) is 44.0 Å². The Kier molecular flexibility index (Phi) is 6.84. The van der Waals surface area contributed by atoms with E-state index in [1.54, 1.807) is 26.0 Å². The van der Waals surface area contributed by atoms with Crippen molar-refractivity contribution in [2.45, 2.75) is 38.0 Å². The van der Waals surface area contributed by atoms with Gasteiger partial charge in [0.15, 0.2) is 23.0 Å². The van der Waals surface area contributed by atoms with Crippen LogP contribution in [0.3, 0.4) is 0 Å². The third-order valence-electron chi connectivity index (χ3n) is 6.22. The Morgan fingerprint density at radius 1 is 1.17 bits per heavy atom. The molecular weight excluding hydrogens is 500 g/mol. The highest BCUT2D eigenvalue weighted by Gasteiger charge is 2.48. The van der Waals surface area contributed by atoms with E-state index in [4.69, 9.17) is 10.5 Å². The molecule has 0 radical (unpaired) electrons. The second-order valence-corrected chi connectivity index (χ2v) is 9.14. The number of alkyl halides is 3. The van der Waals surface area contributed by atoms with Crippen molar-refractivity contribution >= 4 is 29.0 Å². The van der Waals surface area contributed by atoms with Crippen molar-refractivity contribution in [2.75, 3.05) is 19.7 Å². The fourth-order valence-corrected chi connectivity index (χ4v) is 4.61. The van der Waals surface area contributed by atoms with Crippen LogP contribution in [0.1, 0.15) is 31.9 Å². The number of hydrogen-bond acceptors (Lipinski definition) is 6. The summed E-state index contributed by atoms with van der Waals surface area (Å²) in [4.78, 5) is 5.92. The summed E-state index contributed by atoms with van der Waals surface area (Å²) < 4.78 is 63.6. The first-order valence-corrected chi connectivity index (χ1v) is 11.2. The van der Waals surface area contributed by atoms with Crippen molar-refractivity contribution in [1.29, 1.82) is 0 Å². The zero-order valence-corrected chi connectivity index (χ0v) is 20.4. The highest BCUT2D eigenvalue weighted by molar-refractivity contribution is 5.85. The zero-order valence-electron chi connectivity index (χ0n) is 19.6. The average Bonchev–Trinajstić information content (AvgIpc) is 3.36. The fourth-order valence-electron chi connectivity index (χ4n) is 4.61. The molecule has 4 heterocycles. The summed E-state index contributed by atoms with van der Waals surface area (Å²) in [5, 5.41) is 8.81. The molecule has 12 heteroatoms. The minimum Gasteiger partial charge on any atom is -0.491 e. The molecule has 1 aliphatic rings. The van der Waals surface area contributed by atoms with Crippen LogP contribution in [0, 0.1) is 5.82 Å². The van der Waals surface area contributed by atoms with Gasteiger partial charge in [0.1, 0.15) is 11.7 Å². The minimum absolute atomic E-state index is 0. The number of fused-ring (bicyclic) bond motifs is 2. The van der Waals surface area contributed by atoms with Gasteiger partial charge in [0.05, 0.1) is 12.1 Å². The van der Waals surface area contributed by atoms with Gasteiger partial charge in [-0.2, -0.15) is 13.2 Å². The lowest BCUT2D eigenvalue weighted by Crippen LogP contribution is -2.43. The minimum atomic E-state index is -4.50. The molecule has 0 saturated carbocycles. The molecule has 3 aromatic heterocycles. The maximum atomic E-state index is 14.2. The van der Waals surface area contributed by atoms with Gasteiger partial charge in [-0.15, -0.1) is 22.6 Å². The van der Waals surface area contributed by atoms with Crippen LogP contribution in [0.5, 0.6) is 5.75 Å². The summed E-state index contributed by atoms with van der Waals surface area (Å²) in [6.45, 7) is 4.18. The van der Waals surface area contributed by atoms with E-state index in [1.807, 2.05) is 0 Å². The summed E-state index contributed by atoms with van der Waals surface area (Å²) in [5.41, 5.74) is 6.73. The van der Waals surface area contributed by atoms with Crippen molar-refractivity contribution in [3.05, 3.63) is 54.0 Å². The number of rotatable bonds is 5. The maximum absolute atomic E-state index is 14.2. The van der Waals surface area contributed by atoms with Gasteiger partial charge >= 0.3 is 6.18 Å². The Morgan fingerprint density at radius 2 is 1.94 bits per heavy atom. The summed E-state index contributed by atoms with van der Waals surface area (Å²) in [7, 11) is 0. The van der Waals surface area contributed by atoms with Crippen LogP contribution in [0.2, 0.25) is 0 Å². The number of hydrogen-bond donors (Lipinski definition) is 1. The summed E-state index contributed by atoms with van der Waals surface area (Å²) in [5.74, 6) is -0.152. The van der Waals surface area contributed by atoms with Crippen LogP contribution in [0.4, 0.5) is 17.6 Å². The second-order valence-electron chi connectivity index (χ2n) is 9.14. The summed E-state index contributed by atoms with van der Waals surface area (Å²) in [6, 6.07) is 7.23. The van der Waals surface area contributed by atoms with Crippen LogP contribution in [-0.2, 0) is 0 Å². The molecule has 192 valence electrons. The second kappa shape index (κ2) is 9.45. The lowest BCUT2D eigenvalue weighted by molar-refractivity contribution is -0.184. The van der Waals surface area contributed by atoms with E-state index in [1.165, 1.54) is 39.8 Å². The van der Waals surface area contributed by atoms with E-state index in [-0.39, 0.29) is 42.6 Å². The van der Waals surface area contributed by atoms with Crippen molar-refractivity contribution in [3.63, 3.8) is 0 Å². The molecule has 0 aliphatic carbocycles. The van der Waals surface area contributed by atoms with Gasteiger partial charge < -0.3 is 10.5 Å². The summed E-state index contributed by atoms with van der Waals surface area (Å²) in [6.07, 6.45) is -2.62. The van der Waals surface area contributed by atoms with E-state index in [0.29, 0.717) is 35.3 Å². The van der Waals surface area contributed by atoms with E-state index in [2.05, 4.69) is 15.2 Å². The highest BCUT2D eigenvalue weighted by atomic mass is 35.5. The number of benzene rings is 1. The molecule has 7 nitrogen and oxygen atoms in total. The largest absolute Gasteiger partial charge is 0.491 e. The van der Waals surface area contributed by atoms with E-state index >= 15 is 0 Å². The summed E-state index contributed by atoms with van der Waals surface area (Å²) >= 11 is 0. The van der Waals surface area contributed by atoms with Crippen LogP contribution >= 0.6 is 12.4 Å². The number of nitrogens with two attached hydrogens (primary N) is 1. The molecule has 0 bridgehead atoms. The Bertz CT molecular complexity index is 1410. The van der Waals surface area contributed by atoms with Gasteiger partial charge in [0.2, 0.25) is 0 Å². The molecule has 1 aromatic carbocycles.